The van der Waals surface area contributed by atoms with E-state index in [2.05, 4.69) is 93.6 Å². The molecule has 0 N–H and O–H groups in total. The molecule has 0 saturated carbocycles. The summed E-state index contributed by atoms with van der Waals surface area (Å²) in [6, 6.07) is 26.6. The molecule has 0 aliphatic carbocycles. The van der Waals surface area contributed by atoms with E-state index in [1.807, 2.05) is 0 Å². The van der Waals surface area contributed by atoms with Gasteiger partial charge in [0.2, 0.25) is 0 Å². The summed E-state index contributed by atoms with van der Waals surface area (Å²) >= 11 is 0. The molecule has 0 aliphatic rings. The first-order chi connectivity index (χ1) is 18.5. The highest BCUT2D eigenvalue weighted by Gasteiger charge is 2.35. The maximum Gasteiger partial charge on any atom is 0.313 e. The van der Waals surface area contributed by atoms with Crippen LogP contribution in [-0.2, 0) is 28.2 Å². The molecule has 0 unspecified atom stereocenters. The summed E-state index contributed by atoms with van der Waals surface area (Å²) in [4.78, 5) is 15.9. The molecule has 0 saturated heterocycles. The van der Waals surface area contributed by atoms with Crippen LogP contribution in [-0.4, -0.2) is 5.97 Å². The summed E-state index contributed by atoms with van der Waals surface area (Å²) in [5.41, 5.74) is 4.03. The third kappa shape index (κ3) is 8.24. The van der Waals surface area contributed by atoms with Crippen molar-refractivity contribution >= 4 is 16.3 Å². The minimum Gasteiger partial charge on any atom is -0.402 e. The molecule has 0 atom stereocenters. The number of carbonyl (C=O) groups is 1. The van der Waals surface area contributed by atoms with Gasteiger partial charge in [-0.3, -0.25) is 4.79 Å². The average Bonchev–Trinajstić information content (AvgIpc) is 2.93. The number of aryl methyl sites for hydroxylation is 3. The Morgan fingerprint density at radius 2 is 0.816 bits per heavy atom. The Balaban J connectivity index is 2.05. The summed E-state index contributed by atoms with van der Waals surface area (Å²) in [6.45, 7) is 8.26. The topological polar surface area (TPSA) is 26.3 Å². The van der Waals surface area contributed by atoms with E-state index in [1.54, 1.807) is 6.92 Å². The predicted octanol–water partition coefficient (Wildman–Crippen LogP) is 10.6. The van der Waals surface area contributed by atoms with E-state index in [4.69, 9.17) is 4.18 Å². The van der Waals surface area contributed by atoms with Crippen molar-refractivity contribution in [2.45, 2.75) is 119 Å². The molecule has 0 aliphatic heterocycles. The number of hydrogen-bond acceptors (Lipinski definition) is 2. The fourth-order valence-corrected chi connectivity index (χ4v) is 8.02. The fraction of sp³-hybridized carbons (Fsp3) is 0.457. The first-order valence-electron chi connectivity index (χ1n) is 14.8. The van der Waals surface area contributed by atoms with Gasteiger partial charge in [-0.1, -0.05) is 95.7 Å². The van der Waals surface area contributed by atoms with Gasteiger partial charge in [-0.25, -0.2) is 0 Å². The van der Waals surface area contributed by atoms with Crippen molar-refractivity contribution in [3.8, 4) is 0 Å². The highest BCUT2D eigenvalue weighted by Crippen LogP contribution is 2.69. The van der Waals surface area contributed by atoms with Gasteiger partial charge >= 0.3 is 5.97 Å². The number of benzene rings is 3. The summed E-state index contributed by atoms with van der Waals surface area (Å²) in [6.07, 6.45) is 14.3. The summed E-state index contributed by atoms with van der Waals surface area (Å²) in [7, 11) is -2.21. The maximum absolute atomic E-state index is 12.7. The molecule has 2 nitrogen and oxygen atoms in total. The second-order valence-corrected chi connectivity index (χ2v) is 13.1. The van der Waals surface area contributed by atoms with Gasteiger partial charge < -0.3 is 4.18 Å². The van der Waals surface area contributed by atoms with Crippen LogP contribution in [0.2, 0.25) is 0 Å². The van der Waals surface area contributed by atoms with Crippen LogP contribution in [0, 0.1) is 0 Å². The number of carbonyl (C=O) groups excluding carboxylic acids is 1. The fourth-order valence-electron chi connectivity index (χ4n) is 5.01. The molecule has 38 heavy (non-hydrogen) atoms. The molecule has 0 spiro atoms. The Morgan fingerprint density at radius 3 is 1.05 bits per heavy atom. The normalized spacial score (nSPS) is 11.9. The molecule has 0 heterocycles. The van der Waals surface area contributed by atoms with E-state index in [9.17, 15) is 4.79 Å². The predicted molar refractivity (Wildman–Crippen MR) is 163 cm³/mol. The van der Waals surface area contributed by atoms with Crippen molar-refractivity contribution < 1.29 is 8.98 Å². The van der Waals surface area contributed by atoms with Crippen LogP contribution in [0.15, 0.2) is 87.5 Å². The summed E-state index contributed by atoms with van der Waals surface area (Å²) in [5, 5.41) is 0. The largest absolute Gasteiger partial charge is 0.402 e. The highest BCUT2D eigenvalue weighted by atomic mass is 32.3. The first-order valence-corrected chi connectivity index (χ1v) is 16.4. The van der Waals surface area contributed by atoms with E-state index < -0.39 is 10.3 Å². The second kappa shape index (κ2) is 15.8. The molecule has 3 aromatic carbocycles. The van der Waals surface area contributed by atoms with Crippen LogP contribution in [0.25, 0.3) is 0 Å². The van der Waals surface area contributed by atoms with E-state index in [1.165, 1.54) is 74.5 Å². The Labute approximate surface area is 233 Å². The molecule has 0 fully saturated rings. The van der Waals surface area contributed by atoms with Gasteiger partial charge in [0.05, 0.1) is 0 Å². The van der Waals surface area contributed by atoms with Crippen molar-refractivity contribution in [3.63, 3.8) is 0 Å². The monoisotopic (exact) mass is 532 g/mol. The zero-order valence-electron chi connectivity index (χ0n) is 24.1. The van der Waals surface area contributed by atoms with Gasteiger partial charge in [0.15, 0.2) is 0 Å². The van der Waals surface area contributed by atoms with Crippen LogP contribution in [0.3, 0.4) is 0 Å². The number of hydrogen-bond donors (Lipinski definition) is 0. The van der Waals surface area contributed by atoms with Crippen LogP contribution < -0.4 is 0 Å². The summed E-state index contributed by atoms with van der Waals surface area (Å²) in [5.74, 6) is -0.244. The van der Waals surface area contributed by atoms with Crippen molar-refractivity contribution in [1.82, 2.24) is 0 Å². The summed E-state index contributed by atoms with van der Waals surface area (Å²) < 4.78 is 6.46. The van der Waals surface area contributed by atoms with Crippen LogP contribution in [0.4, 0.5) is 0 Å². The molecule has 206 valence electrons. The van der Waals surface area contributed by atoms with Crippen LogP contribution >= 0.6 is 10.3 Å². The van der Waals surface area contributed by atoms with Crippen LogP contribution in [0.1, 0.15) is 102 Å². The Morgan fingerprint density at radius 1 is 0.526 bits per heavy atom. The van der Waals surface area contributed by atoms with Crippen molar-refractivity contribution in [2.75, 3.05) is 0 Å². The lowest BCUT2D eigenvalue weighted by Gasteiger charge is -2.39. The van der Waals surface area contributed by atoms with E-state index in [0.29, 0.717) is 0 Å². The quantitative estimate of drug-likeness (QED) is 0.171. The Hall–Kier alpha value is -2.52. The Bertz CT molecular complexity index is 954. The van der Waals surface area contributed by atoms with Gasteiger partial charge in [-0.15, -0.1) is 0 Å². The van der Waals surface area contributed by atoms with E-state index >= 15 is 0 Å². The SMILES string of the molecule is CCCCCc1ccc(S(OC(C)=O)(c2ccc(CCCCC)cc2)c2ccc(CCCCC)cc2)cc1. The van der Waals surface area contributed by atoms with Crippen molar-refractivity contribution in [3.05, 3.63) is 89.5 Å². The van der Waals surface area contributed by atoms with Gasteiger partial charge in [0.1, 0.15) is 0 Å². The smallest absolute Gasteiger partial charge is 0.313 e. The third-order valence-electron chi connectivity index (χ3n) is 7.22. The van der Waals surface area contributed by atoms with Gasteiger partial charge in [0.25, 0.3) is 0 Å². The van der Waals surface area contributed by atoms with E-state index in [0.717, 1.165) is 33.9 Å². The minimum absolute atomic E-state index is 0.244. The standard InChI is InChI=1S/C35H48O2S/c1-5-8-11-14-30-17-23-33(24-18-30)38(37-29(4)36,34-25-19-31(20-26-34)15-12-9-6-2)35-27-21-32(22-28-35)16-13-10-7-3/h17-28H,5-16H2,1-4H3. The zero-order valence-corrected chi connectivity index (χ0v) is 25.0. The molecule has 3 heteroatoms. The molecule has 3 aromatic rings. The zero-order chi connectivity index (χ0) is 27.2. The third-order valence-corrected chi connectivity index (χ3v) is 10.5. The van der Waals surface area contributed by atoms with Crippen molar-refractivity contribution in [1.29, 1.82) is 0 Å². The minimum atomic E-state index is -2.21. The number of unbranched alkanes of at least 4 members (excludes halogenated alkanes) is 6. The second-order valence-electron chi connectivity index (χ2n) is 10.4. The van der Waals surface area contributed by atoms with Crippen LogP contribution in [0.5, 0.6) is 0 Å². The maximum atomic E-state index is 12.7. The van der Waals surface area contributed by atoms with Gasteiger partial charge in [0, 0.05) is 21.6 Å². The number of rotatable bonds is 16. The van der Waals surface area contributed by atoms with Gasteiger partial charge in [-0.05, 0) is 102 Å². The first kappa shape index (κ1) is 30.0. The van der Waals surface area contributed by atoms with E-state index in [-0.39, 0.29) is 5.97 Å². The Kier molecular flexibility index (Phi) is 12.5. The lowest BCUT2D eigenvalue weighted by Crippen LogP contribution is -2.12. The molecular formula is C35H48O2S. The molecule has 0 bridgehead atoms. The molecule has 3 rings (SSSR count). The average molecular weight is 533 g/mol. The molecule has 0 radical (unpaired) electrons. The van der Waals surface area contributed by atoms with Gasteiger partial charge in [-0.2, -0.15) is 0 Å². The van der Waals surface area contributed by atoms with Crippen molar-refractivity contribution in [2.24, 2.45) is 0 Å². The molecule has 0 aromatic heterocycles. The molecular weight excluding hydrogens is 484 g/mol. The lowest BCUT2D eigenvalue weighted by atomic mass is 10.1. The molecule has 0 amide bonds. The highest BCUT2D eigenvalue weighted by molar-refractivity contribution is 8.30. The lowest BCUT2D eigenvalue weighted by molar-refractivity contribution is -0.131.